The van der Waals surface area contributed by atoms with Crippen molar-refractivity contribution < 1.29 is 12.8 Å². The largest absolute Gasteiger partial charge is 0.357 e. The number of nitrogens with one attached hydrogen (secondary N) is 3. The number of aliphatic imine (C=N–C) groups is 1. The first-order chi connectivity index (χ1) is 10.5. The first-order valence-corrected chi connectivity index (χ1v) is 8.86. The van der Waals surface area contributed by atoms with Gasteiger partial charge in [0.15, 0.2) is 5.96 Å². The van der Waals surface area contributed by atoms with E-state index >= 15 is 0 Å². The third-order valence-electron chi connectivity index (χ3n) is 2.83. The molecule has 0 atom stereocenters. The highest BCUT2D eigenvalue weighted by Crippen LogP contribution is 2.07. The predicted molar refractivity (Wildman–Crippen MR) is 86.7 cm³/mol. The Morgan fingerprint density at radius 3 is 2.55 bits per heavy atom. The molecule has 0 saturated heterocycles. The van der Waals surface area contributed by atoms with E-state index in [0.29, 0.717) is 24.6 Å². The van der Waals surface area contributed by atoms with Crippen molar-refractivity contribution in [1.82, 2.24) is 15.4 Å². The van der Waals surface area contributed by atoms with E-state index in [0.717, 1.165) is 0 Å². The van der Waals surface area contributed by atoms with Crippen LogP contribution in [0.4, 0.5) is 4.39 Å². The van der Waals surface area contributed by atoms with Crippen molar-refractivity contribution in [2.75, 3.05) is 25.4 Å². The molecule has 0 aliphatic carbocycles. The van der Waals surface area contributed by atoms with Crippen molar-refractivity contribution in [3.05, 3.63) is 35.6 Å². The van der Waals surface area contributed by atoms with E-state index in [1.54, 1.807) is 25.1 Å². The minimum absolute atomic E-state index is 0.0500. The SMILES string of the molecule is CCNC(=NCc1ccccc1F)NCCNS(=O)(=O)CC. The molecule has 124 valence electrons. The smallest absolute Gasteiger partial charge is 0.211 e. The van der Waals surface area contributed by atoms with Crippen molar-refractivity contribution in [3.63, 3.8) is 0 Å². The third-order valence-corrected chi connectivity index (χ3v) is 4.23. The van der Waals surface area contributed by atoms with Crippen molar-refractivity contribution >= 4 is 16.0 Å². The molecule has 0 radical (unpaired) electrons. The lowest BCUT2D eigenvalue weighted by Gasteiger charge is -2.12. The van der Waals surface area contributed by atoms with Gasteiger partial charge >= 0.3 is 0 Å². The molecule has 8 heteroatoms. The fourth-order valence-electron chi connectivity index (χ4n) is 1.62. The molecular formula is C14H23FN4O2S. The first-order valence-electron chi connectivity index (χ1n) is 7.21. The van der Waals surface area contributed by atoms with Crippen LogP contribution in [0.1, 0.15) is 19.4 Å². The van der Waals surface area contributed by atoms with E-state index in [1.807, 2.05) is 6.92 Å². The maximum Gasteiger partial charge on any atom is 0.211 e. The lowest BCUT2D eigenvalue weighted by Crippen LogP contribution is -2.41. The summed E-state index contributed by atoms with van der Waals surface area (Å²) >= 11 is 0. The molecular weight excluding hydrogens is 307 g/mol. The van der Waals surface area contributed by atoms with Crippen LogP contribution in [-0.2, 0) is 16.6 Å². The summed E-state index contributed by atoms with van der Waals surface area (Å²) in [5.74, 6) is 0.272. The van der Waals surface area contributed by atoms with Gasteiger partial charge in [-0.2, -0.15) is 0 Å². The second-order valence-corrected chi connectivity index (χ2v) is 6.61. The Kier molecular flexibility index (Phi) is 7.83. The number of hydrogen-bond donors (Lipinski definition) is 3. The second kappa shape index (κ2) is 9.37. The highest BCUT2D eigenvalue weighted by atomic mass is 32.2. The van der Waals surface area contributed by atoms with Gasteiger partial charge in [-0.05, 0) is 19.9 Å². The number of halogens is 1. The minimum atomic E-state index is -3.19. The Hall–Kier alpha value is -1.67. The van der Waals surface area contributed by atoms with Crippen molar-refractivity contribution in [2.24, 2.45) is 4.99 Å². The van der Waals surface area contributed by atoms with E-state index in [1.165, 1.54) is 6.07 Å². The van der Waals surface area contributed by atoms with Gasteiger partial charge in [0.05, 0.1) is 12.3 Å². The molecule has 0 fully saturated rings. The van der Waals surface area contributed by atoms with E-state index in [9.17, 15) is 12.8 Å². The molecule has 0 aliphatic rings. The summed E-state index contributed by atoms with van der Waals surface area (Å²) in [6.45, 7) is 5.02. The quantitative estimate of drug-likeness (QED) is 0.374. The van der Waals surface area contributed by atoms with Gasteiger partial charge < -0.3 is 10.6 Å². The third kappa shape index (κ3) is 6.86. The summed E-state index contributed by atoms with van der Waals surface area (Å²) < 4.78 is 38.6. The predicted octanol–water partition coefficient (Wildman–Crippen LogP) is 0.820. The summed E-state index contributed by atoms with van der Waals surface area (Å²) in [5.41, 5.74) is 0.506. The van der Waals surface area contributed by atoms with E-state index in [4.69, 9.17) is 0 Å². The van der Waals surface area contributed by atoms with Gasteiger partial charge in [0.25, 0.3) is 0 Å². The molecule has 3 N–H and O–H groups in total. The molecule has 0 spiro atoms. The Morgan fingerprint density at radius 1 is 1.18 bits per heavy atom. The molecule has 1 aromatic rings. The summed E-state index contributed by atoms with van der Waals surface area (Å²) in [7, 11) is -3.19. The average molecular weight is 330 g/mol. The van der Waals surface area contributed by atoms with Crippen molar-refractivity contribution in [3.8, 4) is 0 Å². The minimum Gasteiger partial charge on any atom is -0.357 e. The van der Waals surface area contributed by atoms with Gasteiger partial charge in [0.1, 0.15) is 5.82 Å². The fourth-order valence-corrected chi connectivity index (χ4v) is 2.24. The maximum absolute atomic E-state index is 13.5. The van der Waals surface area contributed by atoms with Crippen LogP contribution in [0.2, 0.25) is 0 Å². The molecule has 1 aromatic carbocycles. The molecule has 22 heavy (non-hydrogen) atoms. The Morgan fingerprint density at radius 2 is 1.91 bits per heavy atom. The number of benzene rings is 1. The Balaban J connectivity index is 2.51. The summed E-state index contributed by atoms with van der Waals surface area (Å²) in [4.78, 5) is 4.28. The Bertz CT molecular complexity index is 590. The zero-order valence-corrected chi connectivity index (χ0v) is 13.7. The second-order valence-electron chi connectivity index (χ2n) is 4.51. The number of guanidine groups is 1. The van der Waals surface area contributed by atoms with Gasteiger partial charge in [-0.1, -0.05) is 18.2 Å². The van der Waals surface area contributed by atoms with Crippen LogP contribution >= 0.6 is 0 Å². The van der Waals surface area contributed by atoms with Crippen molar-refractivity contribution in [2.45, 2.75) is 20.4 Å². The molecule has 0 bridgehead atoms. The molecule has 0 saturated carbocycles. The average Bonchev–Trinajstić information content (AvgIpc) is 2.50. The Labute approximate surface area is 131 Å². The lowest BCUT2D eigenvalue weighted by molar-refractivity contribution is 0.581. The standard InChI is InChI=1S/C14H23FN4O2S/c1-3-16-14(17-9-10-19-22(20,21)4-2)18-11-12-7-5-6-8-13(12)15/h5-8,19H,3-4,9-11H2,1-2H3,(H2,16,17,18). The number of hydrogen-bond acceptors (Lipinski definition) is 3. The molecule has 0 unspecified atom stereocenters. The fraction of sp³-hybridized carbons (Fsp3) is 0.500. The van der Waals surface area contributed by atoms with Crippen LogP contribution < -0.4 is 15.4 Å². The van der Waals surface area contributed by atoms with E-state index in [-0.39, 0.29) is 24.7 Å². The zero-order valence-electron chi connectivity index (χ0n) is 12.9. The number of rotatable bonds is 8. The zero-order chi connectivity index (χ0) is 16.4. The van der Waals surface area contributed by atoms with Gasteiger partial charge in [0, 0.05) is 25.2 Å². The van der Waals surface area contributed by atoms with Gasteiger partial charge in [0.2, 0.25) is 10.0 Å². The topological polar surface area (TPSA) is 82.6 Å². The normalized spacial score (nSPS) is 12.2. The number of sulfonamides is 1. The van der Waals surface area contributed by atoms with Crippen LogP contribution in [0.5, 0.6) is 0 Å². The molecule has 0 aromatic heterocycles. The molecule has 6 nitrogen and oxygen atoms in total. The van der Waals surface area contributed by atoms with Crippen LogP contribution in [0.3, 0.4) is 0 Å². The highest BCUT2D eigenvalue weighted by Gasteiger charge is 2.05. The van der Waals surface area contributed by atoms with Crippen LogP contribution in [0.15, 0.2) is 29.3 Å². The van der Waals surface area contributed by atoms with E-state index in [2.05, 4.69) is 20.3 Å². The molecule has 1 rings (SSSR count). The molecule has 0 aliphatic heterocycles. The van der Waals surface area contributed by atoms with Crippen LogP contribution in [0.25, 0.3) is 0 Å². The first kappa shape index (κ1) is 18.4. The van der Waals surface area contributed by atoms with Gasteiger partial charge in [-0.3, -0.25) is 0 Å². The summed E-state index contributed by atoms with van der Waals surface area (Å²) in [6.07, 6.45) is 0. The summed E-state index contributed by atoms with van der Waals surface area (Å²) in [5, 5.41) is 6.02. The van der Waals surface area contributed by atoms with Gasteiger partial charge in [-0.25, -0.2) is 22.5 Å². The van der Waals surface area contributed by atoms with E-state index < -0.39 is 10.0 Å². The molecule has 0 amide bonds. The maximum atomic E-state index is 13.5. The number of nitrogens with zero attached hydrogens (tertiary/aromatic N) is 1. The summed E-state index contributed by atoms with van der Waals surface area (Å²) in [6, 6.07) is 6.46. The van der Waals surface area contributed by atoms with Crippen LogP contribution in [-0.4, -0.2) is 39.8 Å². The monoisotopic (exact) mass is 330 g/mol. The molecule has 0 heterocycles. The lowest BCUT2D eigenvalue weighted by atomic mass is 10.2. The van der Waals surface area contributed by atoms with Crippen molar-refractivity contribution in [1.29, 1.82) is 0 Å². The van der Waals surface area contributed by atoms with Gasteiger partial charge in [-0.15, -0.1) is 0 Å². The highest BCUT2D eigenvalue weighted by molar-refractivity contribution is 7.89. The van der Waals surface area contributed by atoms with Crippen LogP contribution in [0, 0.1) is 5.82 Å².